The van der Waals surface area contributed by atoms with E-state index in [1.54, 1.807) is 23.3 Å². The van der Waals surface area contributed by atoms with Crippen LogP contribution in [0.25, 0.3) is 11.1 Å². The van der Waals surface area contributed by atoms with Gasteiger partial charge in [0.1, 0.15) is 11.2 Å². The van der Waals surface area contributed by atoms with Gasteiger partial charge in [-0.05, 0) is 44.4 Å². The summed E-state index contributed by atoms with van der Waals surface area (Å²) in [5, 5.41) is 3.85. The van der Waals surface area contributed by atoms with Crippen molar-refractivity contribution < 1.29 is 14.0 Å². The average Bonchev–Trinajstić information content (AvgIpc) is 3.26. The third-order valence-electron chi connectivity index (χ3n) is 7.06. The number of hydrogen-bond donors (Lipinski definition) is 1. The number of aromatic nitrogens is 1. The second-order valence-corrected chi connectivity index (χ2v) is 9.65. The molecule has 1 aliphatic carbocycles. The number of carbonyl (C=O) groups excluding carboxylic acids is 2. The van der Waals surface area contributed by atoms with Crippen LogP contribution in [0.1, 0.15) is 61.5 Å². The molecule has 3 aromatic rings. The third-order valence-corrected chi connectivity index (χ3v) is 7.47. The number of nitrogens with zero attached hydrogens (tertiary/aromatic N) is 2. The number of benzene rings is 1. The van der Waals surface area contributed by atoms with Crippen LogP contribution in [-0.2, 0) is 11.3 Å². The smallest absolute Gasteiger partial charge is 0.276 e. The number of nitrogens with one attached hydrogen (secondary N) is 1. The van der Waals surface area contributed by atoms with Gasteiger partial charge in [0.2, 0.25) is 5.91 Å². The lowest BCUT2D eigenvalue weighted by atomic mass is 9.92. The van der Waals surface area contributed by atoms with Gasteiger partial charge in [0, 0.05) is 28.9 Å². The number of anilines is 1. The first-order chi connectivity index (χ1) is 15.4. The van der Waals surface area contributed by atoms with Crippen LogP contribution in [0.4, 0.5) is 5.69 Å². The van der Waals surface area contributed by atoms with Crippen LogP contribution in [0.15, 0.2) is 41.0 Å². The maximum absolute atomic E-state index is 13.9. The molecule has 2 aliphatic rings. The van der Waals surface area contributed by atoms with Gasteiger partial charge in [0.25, 0.3) is 5.91 Å². The molecule has 1 N–H and O–H groups in total. The van der Waals surface area contributed by atoms with Crippen LogP contribution in [0.5, 0.6) is 0 Å². The molecule has 2 aromatic heterocycles. The molecule has 0 saturated heterocycles. The van der Waals surface area contributed by atoms with Crippen molar-refractivity contribution in [3.05, 3.63) is 52.9 Å². The van der Waals surface area contributed by atoms with Gasteiger partial charge in [-0.25, -0.2) is 0 Å². The Morgan fingerprint density at radius 1 is 1.19 bits per heavy atom. The monoisotopic (exact) mass is 453 g/mol. The van der Waals surface area contributed by atoms with E-state index in [2.05, 4.69) is 5.32 Å². The van der Waals surface area contributed by atoms with E-state index in [1.807, 2.05) is 36.6 Å². The second-order valence-electron chi connectivity index (χ2n) is 9.25. The molecule has 32 heavy (non-hydrogen) atoms. The first-order valence-corrected chi connectivity index (χ1v) is 11.8. The molecule has 1 aromatic carbocycles. The second kappa shape index (κ2) is 8.00. The van der Waals surface area contributed by atoms with Crippen molar-refractivity contribution in [2.45, 2.75) is 70.5 Å². The van der Waals surface area contributed by atoms with E-state index in [9.17, 15) is 9.59 Å². The Kier molecular flexibility index (Phi) is 5.28. The van der Waals surface area contributed by atoms with Crippen molar-refractivity contribution in [2.24, 2.45) is 0 Å². The summed E-state index contributed by atoms with van der Waals surface area (Å²) in [5.41, 5.74) is 2.30. The van der Waals surface area contributed by atoms with E-state index in [1.165, 1.54) is 12.8 Å². The van der Waals surface area contributed by atoms with E-state index in [4.69, 9.17) is 16.0 Å². The van der Waals surface area contributed by atoms with Crippen LogP contribution in [0.2, 0.25) is 5.02 Å². The summed E-state index contributed by atoms with van der Waals surface area (Å²) in [6.45, 7) is 4.07. The summed E-state index contributed by atoms with van der Waals surface area (Å²) < 4.78 is 7.46. The van der Waals surface area contributed by atoms with E-state index in [0.29, 0.717) is 28.5 Å². The van der Waals surface area contributed by atoms with Gasteiger partial charge in [-0.2, -0.15) is 0 Å². The minimum atomic E-state index is -1.12. The number of fused-ring (bicyclic) bond motifs is 3. The van der Waals surface area contributed by atoms with Gasteiger partial charge in [0.15, 0.2) is 5.58 Å². The lowest BCUT2D eigenvalue weighted by Crippen LogP contribution is -2.65. The minimum Gasteiger partial charge on any atom is -0.463 e. The molecular weight excluding hydrogens is 426 g/mol. The number of amides is 2. The highest BCUT2D eigenvalue weighted by molar-refractivity contribution is 6.32. The van der Waals surface area contributed by atoms with Crippen molar-refractivity contribution in [3.8, 4) is 0 Å². The number of halogens is 1. The molecule has 1 saturated carbocycles. The Morgan fingerprint density at radius 3 is 2.69 bits per heavy atom. The van der Waals surface area contributed by atoms with Crippen LogP contribution in [-0.4, -0.2) is 28.0 Å². The van der Waals surface area contributed by atoms with Crippen molar-refractivity contribution in [1.29, 1.82) is 0 Å². The van der Waals surface area contributed by atoms with Crippen LogP contribution in [0, 0.1) is 6.92 Å². The van der Waals surface area contributed by atoms with Gasteiger partial charge >= 0.3 is 0 Å². The summed E-state index contributed by atoms with van der Waals surface area (Å²) in [5.74, 6) is -0.361. The Hall–Kier alpha value is -2.73. The van der Waals surface area contributed by atoms with Crippen molar-refractivity contribution in [1.82, 2.24) is 9.88 Å². The fourth-order valence-corrected chi connectivity index (χ4v) is 5.36. The molecule has 0 bridgehead atoms. The van der Waals surface area contributed by atoms with E-state index >= 15 is 0 Å². The predicted molar refractivity (Wildman–Crippen MR) is 125 cm³/mol. The normalized spacial score (nSPS) is 22.1. The maximum atomic E-state index is 13.9. The van der Waals surface area contributed by atoms with Gasteiger partial charge in [-0.1, -0.05) is 43.4 Å². The molecule has 3 heterocycles. The van der Waals surface area contributed by atoms with Crippen LogP contribution < -0.4 is 10.2 Å². The van der Waals surface area contributed by atoms with Gasteiger partial charge in [-0.15, -0.1) is 0 Å². The highest BCUT2D eigenvalue weighted by Gasteiger charge is 2.49. The zero-order chi connectivity index (χ0) is 22.5. The average molecular weight is 454 g/mol. The molecule has 1 atom stereocenters. The van der Waals surface area contributed by atoms with Gasteiger partial charge in [-0.3, -0.25) is 14.5 Å². The van der Waals surface area contributed by atoms with Gasteiger partial charge < -0.3 is 14.3 Å². The number of furan rings is 1. The highest BCUT2D eigenvalue weighted by Crippen LogP contribution is 2.39. The standard InChI is InChI=1S/C25H28ClN3O3/c1-16-18(26)10-7-11-19(16)29-23(30)21-14-22-20(12-13-32-22)28(21)15-25(29,2)24(31)27-17-8-5-3-4-6-9-17/h7,10-14,17H,3-6,8-9,15H2,1-2H3,(H,27,31)/t25-/m0/s1. The molecule has 1 aliphatic heterocycles. The molecule has 7 heteroatoms. The molecule has 0 unspecified atom stereocenters. The summed E-state index contributed by atoms with van der Waals surface area (Å²) >= 11 is 6.42. The summed E-state index contributed by atoms with van der Waals surface area (Å²) in [4.78, 5) is 29.3. The fourth-order valence-electron chi connectivity index (χ4n) is 5.19. The minimum absolute atomic E-state index is 0.131. The fraction of sp³-hybridized carbons (Fsp3) is 0.440. The highest BCUT2D eigenvalue weighted by atomic mass is 35.5. The molecule has 2 amide bonds. The van der Waals surface area contributed by atoms with E-state index < -0.39 is 5.54 Å². The maximum Gasteiger partial charge on any atom is 0.276 e. The Balaban J connectivity index is 1.61. The summed E-state index contributed by atoms with van der Waals surface area (Å²) in [6.07, 6.45) is 8.23. The molecule has 6 nitrogen and oxygen atoms in total. The van der Waals surface area contributed by atoms with E-state index in [-0.39, 0.29) is 17.9 Å². The Bertz CT molecular complexity index is 1190. The van der Waals surface area contributed by atoms with Crippen molar-refractivity contribution in [2.75, 3.05) is 4.90 Å². The Labute approximate surface area is 192 Å². The van der Waals surface area contributed by atoms with E-state index in [0.717, 1.165) is 36.8 Å². The van der Waals surface area contributed by atoms with Gasteiger partial charge in [0.05, 0.1) is 18.3 Å². The lowest BCUT2D eigenvalue weighted by molar-refractivity contribution is -0.127. The number of hydrogen-bond acceptors (Lipinski definition) is 3. The largest absolute Gasteiger partial charge is 0.463 e. The third kappa shape index (κ3) is 3.32. The summed E-state index contributed by atoms with van der Waals surface area (Å²) in [7, 11) is 0. The van der Waals surface area contributed by atoms with Crippen molar-refractivity contribution in [3.63, 3.8) is 0 Å². The summed E-state index contributed by atoms with van der Waals surface area (Å²) in [6, 6.07) is 9.22. The number of carbonyl (C=O) groups is 2. The molecule has 0 radical (unpaired) electrons. The zero-order valence-corrected chi connectivity index (χ0v) is 19.2. The first kappa shape index (κ1) is 21.1. The quantitative estimate of drug-likeness (QED) is 0.536. The van der Waals surface area contributed by atoms with Crippen molar-refractivity contribution >= 4 is 40.2 Å². The Morgan fingerprint density at radius 2 is 1.94 bits per heavy atom. The topological polar surface area (TPSA) is 67.5 Å². The molecule has 1 fully saturated rings. The molecular formula is C25H28ClN3O3. The predicted octanol–water partition coefficient (Wildman–Crippen LogP) is 5.45. The van der Waals surface area contributed by atoms with Crippen LogP contribution in [0.3, 0.4) is 0 Å². The molecule has 0 spiro atoms. The lowest BCUT2D eigenvalue weighted by Gasteiger charge is -2.45. The first-order valence-electron chi connectivity index (χ1n) is 11.4. The number of rotatable bonds is 3. The molecule has 5 rings (SSSR count). The van der Waals surface area contributed by atoms with Crippen LogP contribution >= 0.6 is 11.6 Å². The SMILES string of the molecule is Cc1c(Cl)cccc1N1C(=O)c2cc3occc3n2C[C@@]1(C)C(=O)NC1CCCCCC1. The zero-order valence-electron chi connectivity index (χ0n) is 18.5. The molecule has 168 valence electrons.